The standard InChI is InChI=1S/C16H18O4S/c1-19-16(17)13-10-11-6-5-9-14(15(11)20-13)21(18)12-7-3-2-4-8-12/h2-4,7-8,13-14H,5-6,9-10H2,1H3. The van der Waals surface area contributed by atoms with Crippen LogP contribution in [0.2, 0.25) is 0 Å². The second kappa shape index (κ2) is 6.02. The van der Waals surface area contributed by atoms with Crippen LogP contribution in [0, 0.1) is 0 Å². The summed E-state index contributed by atoms with van der Waals surface area (Å²) in [7, 11) is 0.218. The van der Waals surface area contributed by atoms with Gasteiger partial charge < -0.3 is 9.47 Å². The van der Waals surface area contributed by atoms with Crippen LogP contribution >= 0.6 is 0 Å². The van der Waals surface area contributed by atoms with E-state index in [2.05, 4.69) is 0 Å². The Labute approximate surface area is 126 Å². The average molecular weight is 306 g/mol. The van der Waals surface area contributed by atoms with Gasteiger partial charge in [-0.2, -0.15) is 0 Å². The molecule has 0 saturated heterocycles. The van der Waals surface area contributed by atoms with E-state index in [9.17, 15) is 9.00 Å². The first kappa shape index (κ1) is 14.3. The molecule has 3 rings (SSSR count). The third kappa shape index (κ3) is 2.75. The second-order valence-electron chi connectivity index (χ2n) is 5.29. The van der Waals surface area contributed by atoms with Crippen LogP contribution in [0.4, 0.5) is 0 Å². The molecule has 0 radical (unpaired) electrons. The number of ether oxygens (including phenoxy) is 2. The number of methoxy groups -OCH3 is 1. The third-order valence-electron chi connectivity index (χ3n) is 3.98. The Hall–Kier alpha value is -1.62. The topological polar surface area (TPSA) is 52.6 Å². The SMILES string of the molecule is COC(=O)C1CC2=C(O1)C(S(=O)c1ccccc1)CCC2. The van der Waals surface area contributed by atoms with Crippen LogP contribution in [0.5, 0.6) is 0 Å². The maximum Gasteiger partial charge on any atom is 0.347 e. The Balaban J connectivity index is 1.82. The minimum atomic E-state index is -1.15. The Morgan fingerprint density at radius 3 is 2.81 bits per heavy atom. The summed E-state index contributed by atoms with van der Waals surface area (Å²) in [6, 6.07) is 9.43. The van der Waals surface area contributed by atoms with Gasteiger partial charge in [0, 0.05) is 11.3 Å². The van der Waals surface area contributed by atoms with Crippen LogP contribution in [0.15, 0.2) is 46.6 Å². The number of carbonyl (C=O) groups is 1. The predicted octanol–water partition coefficient (Wildman–Crippen LogP) is 2.56. The lowest BCUT2D eigenvalue weighted by atomic mass is 9.95. The monoisotopic (exact) mass is 306 g/mol. The molecular weight excluding hydrogens is 288 g/mol. The fourth-order valence-corrected chi connectivity index (χ4v) is 4.50. The van der Waals surface area contributed by atoms with E-state index in [1.807, 2.05) is 30.3 Å². The third-order valence-corrected chi connectivity index (χ3v) is 5.69. The molecule has 5 heteroatoms. The summed E-state index contributed by atoms with van der Waals surface area (Å²) < 4.78 is 23.3. The molecule has 0 fully saturated rings. The zero-order chi connectivity index (χ0) is 14.8. The van der Waals surface area contributed by atoms with Gasteiger partial charge in [-0.1, -0.05) is 18.2 Å². The number of hydrogen-bond donors (Lipinski definition) is 0. The molecule has 112 valence electrons. The van der Waals surface area contributed by atoms with E-state index in [1.54, 1.807) is 0 Å². The summed E-state index contributed by atoms with van der Waals surface area (Å²) >= 11 is 0. The molecule has 0 spiro atoms. The molecule has 1 aliphatic heterocycles. The molecule has 0 amide bonds. The Bertz CT molecular complexity index is 594. The molecule has 2 aliphatic rings. The molecule has 0 N–H and O–H groups in total. The molecule has 1 aromatic rings. The Morgan fingerprint density at radius 2 is 2.10 bits per heavy atom. The van der Waals surface area contributed by atoms with E-state index in [0.717, 1.165) is 35.5 Å². The van der Waals surface area contributed by atoms with Crippen molar-refractivity contribution in [2.45, 2.75) is 41.9 Å². The highest BCUT2D eigenvalue weighted by molar-refractivity contribution is 7.86. The van der Waals surface area contributed by atoms with Crippen LogP contribution in [-0.4, -0.2) is 28.6 Å². The van der Waals surface area contributed by atoms with Gasteiger partial charge in [-0.15, -0.1) is 0 Å². The van der Waals surface area contributed by atoms with Gasteiger partial charge in [-0.3, -0.25) is 4.21 Å². The van der Waals surface area contributed by atoms with Crippen molar-refractivity contribution < 1.29 is 18.5 Å². The summed E-state index contributed by atoms with van der Waals surface area (Å²) in [6.07, 6.45) is 2.75. The maximum absolute atomic E-state index is 12.8. The first-order chi connectivity index (χ1) is 10.2. The smallest absolute Gasteiger partial charge is 0.347 e. The van der Waals surface area contributed by atoms with Crippen LogP contribution in [0.1, 0.15) is 25.7 Å². The first-order valence-electron chi connectivity index (χ1n) is 7.12. The lowest BCUT2D eigenvalue weighted by Gasteiger charge is -2.23. The van der Waals surface area contributed by atoms with Crippen molar-refractivity contribution in [1.29, 1.82) is 0 Å². The van der Waals surface area contributed by atoms with E-state index in [1.165, 1.54) is 7.11 Å². The van der Waals surface area contributed by atoms with Crippen molar-refractivity contribution in [2.24, 2.45) is 0 Å². The predicted molar refractivity (Wildman–Crippen MR) is 79.0 cm³/mol. The van der Waals surface area contributed by atoms with E-state index >= 15 is 0 Å². The molecule has 1 heterocycles. The summed E-state index contributed by atoms with van der Waals surface area (Å²) in [4.78, 5) is 12.5. The summed E-state index contributed by atoms with van der Waals surface area (Å²) in [6.45, 7) is 0. The van der Waals surface area contributed by atoms with Crippen LogP contribution in [-0.2, 0) is 25.1 Å². The Morgan fingerprint density at radius 1 is 1.33 bits per heavy atom. The quantitative estimate of drug-likeness (QED) is 0.805. The van der Waals surface area contributed by atoms with Crippen LogP contribution in [0.25, 0.3) is 0 Å². The van der Waals surface area contributed by atoms with E-state index < -0.39 is 16.9 Å². The zero-order valence-electron chi connectivity index (χ0n) is 11.9. The second-order valence-corrected chi connectivity index (χ2v) is 6.93. The lowest BCUT2D eigenvalue weighted by Crippen LogP contribution is -2.25. The van der Waals surface area contributed by atoms with Gasteiger partial charge in [0.15, 0.2) is 6.10 Å². The largest absolute Gasteiger partial charge is 0.481 e. The van der Waals surface area contributed by atoms with Crippen molar-refractivity contribution in [2.75, 3.05) is 7.11 Å². The summed E-state index contributed by atoms with van der Waals surface area (Å²) in [5, 5.41) is -0.147. The molecule has 0 aromatic heterocycles. The number of carbonyl (C=O) groups excluding carboxylic acids is 1. The van der Waals surface area contributed by atoms with Gasteiger partial charge in [-0.25, -0.2) is 4.79 Å². The van der Waals surface area contributed by atoms with E-state index in [0.29, 0.717) is 6.42 Å². The molecule has 4 nitrogen and oxygen atoms in total. The number of esters is 1. The van der Waals surface area contributed by atoms with Crippen LogP contribution in [0.3, 0.4) is 0 Å². The minimum absolute atomic E-state index is 0.147. The fourth-order valence-electron chi connectivity index (χ4n) is 2.95. The van der Waals surface area contributed by atoms with E-state index in [-0.39, 0.29) is 11.2 Å². The van der Waals surface area contributed by atoms with Gasteiger partial charge in [-0.05, 0) is 37.0 Å². The van der Waals surface area contributed by atoms with Gasteiger partial charge in [0.25, 0.3) is 0 Å². The highest BCUT2D eigenvalue weighted by Crippen LogP contribution is 2.39. The van der Waals surface area contributed by atoms with Gasteiger partial charge in [0.2, 0.25) is 0 Å². The number of benzene rings is 1. The molecule has 0 saturated carbocycles. The highest BCUT2D eigenvalue weighted by atomic mass is 32.2. The van der Waals surface area contributed by atoms with Gasteiger partial charge >= 0.3 is 5.97 Å². The molecule has 3 unspecified atom stereocenters. The van der Waals surface area contributed by atoms with Gasteiger partial charge in [0.05, 0.1) is 23.2 Å². The van der Waals surface area contributed by atoms with E-state index in [4.69, 9.17) is 9.47 Å². The molecule has 3 atom stereocenters. The van der Waals surface area contributed by atoms with Crippen LogP contribution < -0.4 is 0 Å². The maximum atomic E-state index is 12.8. The first-order valence-corrected chi connectivity index (χ1v) is 8.34. The van der Waals surface area contributed by atoms with Crippen molar-refractivity contribution in [3.63, 3.8) is 0 Å². The summed E-state index contributed by atoms with van der Waals surface area (Å²) in [5.74, 6) is 0.410. The minimum Gasteiger partial charge on any atom is -0.481 e. The van der Waals surface area contributed by atoms with Gasteiger partial charge in [0.1, 0.15) is 5.76 Å². The molecule has 21 heavy (non-hydrogen) atoms. The van der Waals surface area contributed by atoms with Crippen molar-refractivity contribution in [3.8, 4) is 0 Å². The normalized spacial score (nSPS) is 26.0. The zero-order valence-corrected chi connectivity index (χ0v) is 12.7. The van der Waals surface area contributed by atoms with Crippen molar-refractivity contribution in [1.82, 2.24) is 0 Å². The average Bonchev–Trinajstić information content (AvgIpc) is 2.98. The summed E-state index contributed by atoms with van der Waals surface area (Å²) in [5.41, 5.74) is 1.13. The lowest BCUT2D eigenvalue weighted by molar-refractivity contribution is -0.150. The molecular formula is C16H18O4S. The fraction of sp³-hybridized carbons (Fsp3) is 0.438. The van der Waals surface area contributed by atoms with Crippen molar-refractivity contribution in [3.05, 3.63) is 41.7 Å². The number of hydrogen-bond acceptors (Lipinski definition) is 4. The molecule has 1 aliphatic carbocycles. The number of rotatable bonds is 3. The molecule has 0 bridgehead atoms. The molecule has 1 aromatic carbocycles. The van der Waals surface area contributed by atoms with Crippen molar-refractivity contribution >= 4 is 16.8 Å². The Kier molecular flexibility index (Phi) is 4.10. The highest BCUT2D eigenvalue weighted by Gasteiger charge is 2.39.